The number of carbonyl (C=O) groups excluding carboxylic acids is 2. The van der Waals surface area contributed by atoms with E-state index in [9.17, 15) is 35.5 Å². The fourth-order valence-electron chi connectivity index (χ4n) is 1.86. The maximum absolute atomic E-state index is 11.8. The zero-order valence-corrected chi connectivity index (χ0v) is 23.4. The summed E-state index contributed by atoms with van der Waals surface area (Å²) in [6, 6.07) is 14.2. The molecule has 0 heterocycles. The lowest BCUT2D eigenvalue weighted by atomic mass is 10.3. The molecule has 36 heavy (non-hydrogen) atoms. The van der Waals surface area contributed by atoms with Gasteiger partial charge in [-0.2, -0.15) is 0 Å². The van der Waals surface area contributed by atoms with Gasteiger partial charge in [-0.25, -0.2) is 26.4 Å². The van der Waals surface area contributed by atoms with E-state index in [1.165, 1.54) is 0 Å². The summed E-state index contributed by atoms with van der Waals surface area (Å²) in [6.45, 7) is 0. The van der Waals surface area contributed by atoms with Crippen molar-refractivity contribution in [3.8, 4) is 11.5 Å². The van der Waals surface area contributed by atoms with Gasteiger partial charge in [-0.15, -0.1) is 0 Å². The van der Waals surface area contributed by atoms with Crippen molar-refractivity contribution in [2.45, 2.75) is 9.79 Å². The number of carbonyl (C=O) groups is 2. The Morgan fingerprint density at radius 1 is 0.611 bits per heavy atom. The van der Waals surface area contributed by atoms with Crippen molar-refractivity contribution < 1.29 is 53.4 Å². The number of hydrogen-bond acceptors (Lipinski definition) is 12. The first kappa shape index (κ1) is 33.8. The van der Waals surface area contributed by atoms with Gasteiger partial charge in [0.15, 0.2) is 9.79 Å². The van der Waals surface area contributed by atoms with Gasteiger partial charge < -0.3 is 18.6 Å². The Morgan fingerprint density at radius 3 is 1.00 bits per heavy atom. The molecule has 0 aromatic heterocycles. The highest BCUT2D eigenvalue weighted by atomic mass is 32.3. The van der Waals surface area contributed by atoms with E-state index < -0.39 is 32.7 Å². The predicted molar refractivity (Wildman–Crippen MR) is 133 cm³/mol. The molecule has 0 unspecified atom stereocenters. The van der Waals surface area contributed by atoms with Crippen LogP contribution in [0.5, 0.6) is 11.5 Å². The van der Waals surface area contributed by atoms with Gasteiger partial charge >= 0.3 is 11.9 Å². The molecule has 2 aromatic carbocycles. The average molecular weight is 587 g/mol. The Kier molecular flexibility index (Phi) is 14.9. The van der Waals surface area contributed by atoms with Crippen molar-refractivity contribution in [3.05, 3.63) is 48.5 Å². The second-order valence-electron chi connectivity index (χ2n) is 6.50. The molecule has 0 bridgehead atoms. The van der Waals surface area contributed by atoms with Crippen LogP contribution in [0.2, 0.25) is 0 Å². The molecule has 0 saturated carbocycles. The molecule has 0 aliphatic carbocycles. The summed E-state index contributed by atoms with van der Waals surface area (Å²) in [7, 11) is -6.95. The van der Waals surface area contributed by atoms with Crippen molar-refractivity contribution in [2.24, 2.45) is 0 Å². The van der Waals surface area contributed by atoms with Gasteiger partial charge in [0.05, 0.1) is 14.2 Å². The Morgan fingerprint density at radius 2 is 0.833 bits per heavy atom. The first-order chi connectivity index (χ1) is 16.5. The third-order valence-electron chi connectivity index (χ3n) is 3.59. The third kappa shape index (κ3) is 15.7. The van der Waals surface area contributed by atoms with Crippen LogP contribution < -0.4 is 9.47 Å². The zero-order chi connectivity index (χ0) is 28.1. The van der Waals surface area contributed by atoms with Gasteiger partial charge in [0.2, 0.25) is 20.8 Å². The van der Waals surface area contributed by atoms with Gasteiger partial charge in [-0.05, 0) is 48.5 Å². The predicted octanol–water partition coefficient (Wildman–Crippen LogP) is 0.857. The number of hydrogen-bond donors (Lipinski definition) is 0. The Balaban J connectivity index is 0.000000846. The minimum atomic E-state index is -4.41. The monoisotopic (exact) mass is 586 g/mol. The fraction of sp³-hybridized carbons (Fsp3) is 0.300. The Labute approximate surface area is 216 Å². The van der Waals surface area contributed by atoms with E-state index in [4.69, 9.17) is 9.47 Å². The SMILES string of the molecule is COS(=O)(=O)[O-].COS(=O)(=O)[O-].C[S+](C)c1ccc(OC(=O)C(=O)Oc2ccc([S+](C)C)cc2)cc1. The highest BCUT2D eigenvalue weighted by molar-refractivity contribution is 7.95. The molecule has 12 nitrogen and oxygen atoms in total. The average Bonchev–Trinajstić information content (AvgIpc) is 2.79. The summed E-state index contributed by atoms with van der Waals surface area (Å²) in [4.78, 5) is 25.9. The molecule has 0 aliphatic rings. The molecular weight excluding hydrogens is 560 g/mol. The maximum atomic E-state index is 11.8. The molecule has 0 fully saturated rings. The zero-order valence-electron chi connectivity index (χ0n) is 20.2. The van der Waals surface area contributed by atoms with Crippen molar-refractivity contribution in [3.63, 3.8) is 0 Å². The molecule has 0 saturated heterocycles. The lowest BCUT2D eigenvalue weighted by molar-refractivity contribution is -0.156. The summed E-state index contributed by atoms with van der Waals surface area (Å²) in [5.74, 6) is -1.43. The van der Waals surface area contributed by atoms with Gasteiger partial charge in [-0.3, -0.25) is 8.37 Å². The molecule has 0 aliphatic heterocycles. The first-order valence-electron chi connectivity index (χ1n) is 9.31. The van der Waals surface area contributed by atoms with Crippen LogP contribution in [0, 0.1) is 0 Å². The van der Waals surface area contributed by atoms with Crippen molar-refractivity contribution in [1.29, 1.82) is 0 Å². The molecule has 2 rings (SSSR count). The van der Waals surface area contributed by atoms with Crippen molar-refractivity contribution in [1.82, 2.24) is 0 Å². The Hall–Kier alpha value is -2.18. The van der Waals surface area contributed by atoms with Crippen LogP contribution >= 0.6 is 0 Å². The van der Waals surface area contributed by atoms with Crippen LogP contribution in [0.4, 0.5) is 0 Å². The molecule has 16 heteroatoms. The number of rotatable bonds is 6. The maximum Gasteiger partial charge on any atom is 0.423 e. The topological polar surface area (TPSA) is 185 Å². The summed E-state index contributed by atoms with van der Waals surface area (Å²) in [5.41, 5.74) is 0. The normalized spacial score (nSPS) is 11.1. The van der Waals surface area contributed by atoms with Crippen LogP contribution in [0.15, 0.2) is 58.3 Å². The van der Waals surface area contributed by atoms with E-state index >= 15 is 0 Å². The van der Waals surface area contributed by atoms with Crippen LogP contribution in [-0.4, -0.2) is 77.1 Å². The molecule has 0 N–H and O–H groups in total. The summed E-state index contributed by atoms with van der Waals surface area (Å²) in [6.07, 6.45) is 8.40. The molecular formula is C20H26O12S4. The first-order valence-corrected chi connectivity index (χ1v) is 16.1. The smallest absolute Gasteiger partial charge is 0.423 e. The lowest BCUT2D eigenvalue weighted by Crippen LogP contribution is -2.25. The third-order valence-corrected chi connectivity index (χ3v) is 6.83. The number of ether oxygens (including phenoxy) is 2. The van der Waals surface area contributed by atoms with Crippen LogP contribution in [-0.2, 0) is 60.5 Å². The van der Waals surface area contributed by atoms with Crippen LogP contribution in [0.3, 0.4) is 0 Å². The van der Waals surface area contributed by atoms with E-state index in [1.54, 1.807) is 24.3 Å². The van der Waals surface area contributed by atoms with Gasteiger partial charge in [0, 0.05) is 21.8 Å². The van der Waals surface area contributed by atoms with Gasteiger partial charge in [0.25, 0.3) is 0 Å². The summed E-state index contributed by atoms with van der Waals surface area (Å²) in [5, 5.41) is 0. The van der Waals surface area contributed by atoms with E-state index in [0.717, 1.165) is 24.0 Å². The van der Waals surface area contributed by atoms with Crippen LogP contribution in [0.25, 0.3) is 0 Å². The van der Waals surface area contributed by atoms with E-state index in [2.05, 4.69) is 33.4 Å². The van der Waals surface area contributed by atoms with Crippen molar-refractivity contribution >= 4 is 54.5 Å². The highest BCUT2D eigenvalue weighted by Crippen LogP contribution is 2.18. The lowest BCUT2D eigenvalue weighted by Gasteiger charge is -2.05. The van der Waals surface area contributed by atoms with Crippen molar-refractivity contribution in [2.75, 3.05) is 39.2 Å². The highest BCUT2D eigenvalue weighted by Gasteiger charge is 2.20. The van der Waals surface area contributed by atoms with Gasteiger partial charge in [0.1, 0.15) is 36.5 Å². The quantitative estimate of drug-likeness (QED) is 0.116. The molecule has 202 valence electrons. The van der Waals surface area contributed by atoms with E-state index in [0.29, 0.717) is 11.5 Å². The van der Waals surface area contributed by atoms with E-state index in [-0.39, 0.29) is 21.8 Å². The second kappa shape index (κ2) is 15.8. The fourth-order valence-corrected chi connectivity index (χ4v) is 3.22. The number of esters is 2. The molecule has 2 aromatic rings. The minimum Gasteiger partial charge on any atom is -0.726 e. The van der Waals surface area contributed by atoms with E-state index in [1.807, 2.05) is 24.3 Å². The summed E-state index contributed by atoms with van der Waals surface area (Å²) >= 11 is 0. The minimum absolute atomic E-state index is 0.128. The molecule has 0 atom stereocenters. The molecule has 0 spiro atoms. The summed E-state index contributed by atoms with van der Waals surface area (Å²) < 4.78 is 72.1. The largest absolute Gasteiger partial charge is 0.726 e. The Bertz CT molecular complexity index is 1080. The molecule has 0 amide bonds. The number of benzene rings is 2. The molecule has 0 radical (unpaired) electrons. The standard InChI is InChI=1S/C18H20O4S2.2CH4O4S/c1-23(2)15-9-5-13(6-10-15)21-17(19)18(20)22-14-7-11-16(12-8-14)24(3)4;2*1-5-6(2,3)4/h5-12H,1-4H3;2*1H3,(H,2,3,4)/q+2;;/p-2. The van der Waals surface area contributed by atoms with Crippen LogP contribution in [0.1, 0.15) is 0 Å². The second-order valence-corrected chi connectivity index (χ2v) is 13.0. The van der Waals surface area contributed by atoms with Gasteiger partial charge in [-0.1, -0.05) is 0 Å².